The zero-order valence-corrected chi connectivity index (χ0v) is 16.5. The van der Waals surface area contributed by atoms with Gasteiger partial charge < -0.3 is 4.74 Å². The maximum atomic E-state index is 10.9. The largest absolute Gasteiger partial charge is 0.464 e. The summed E-state index contributed by atoms with van der Waals surface area (Å²) in [6.07, 6.45) is 1.93. The van der Waals surface area contributed by atoms with Gasteiger partial charge in [-0.15, -0.1) is 0 Å². The van der Waals surface area contributed by atoms with Crippen molar-refractivity contribution in [2.45, 2.75) is 65.8 Å². The Bertz CT molecular complexity index is 714. The highest BCUT2D eigenvalue weighted by atomic mass is 16.5. The van der Waals surface area contributed by atoms with E-state index in [1.54, 1.807) is 0 Å². The molecule has 0 aliphatic carbocycles. The second kappa shape index (κ2) is 7.03. The van der Waals surface area contributed by atoms with Crippen LogP contribution in [-0.4, -0.2) is 22.4 Å². The SMILES string of the molecule is CC(=O)OCCn1ccc(-c2cc(C(C)(C)C)cc(C(C)(C)C)c2)n1. The molecule has 136 valence electrons. The zero-order valence-electron chi connectivity index (χ0n) is 16.5. The van der Waals surface area contributed by atoms with Gasteiger partial charge in [-0.3, -0.25) is 9.48 Å². The summed E-state index contributed by atoms with van der Waals surface area (Å²) in [4.78, 5) is 10.9. The number of esters is 1. The molecule has 0 bridgehead atoms. The molecule has 4 nitrogen and oxygen atoms in total. The molecule has 0 aliphatic rings. The minimum absolute atomic E-state index is 0.0773. The van der Waals surface area contributed by atoms with Gasteiger partial charge in [0.2, 0.25) is 0 Å². The van der Waals surface area contributed by atoms with E-state index < -0.39 is 0 Å². The molecule has 0 N–H and O–H groups in total. The van der Waals surface area contributed by atoms with Crippen molar-refractivity contribution in [3.05, 3.63) is 41.6 Å². The third-order valence-corrected chi connectivity index (χ3v) is 4.23. The lowest BCUT2D eigenvalue weighted by Crippen LogP contribution is -2.16. The van der Waals surface area contributed by atoms with Crippen LogP contribution in [0, 0.1) is 0 Å². The predicted molar refractivity (Wildman–Crippen MR) is 102 cm³/mol. The van der Waals surface area contributed by atoms with Gasteiger partial charge in [0, 0.05) is 18.7 Å². The summed E-state index contributed by atoms with van der Waals surface area (Å²) in [5.74, 6) is -0.264. The number of hydrogen-bond acceptors (Lipinski definition) is 3. The molecule has 1 aromatic heterocycles. The van der Waals surface area contributed by atoms with Gasteiger partial charge in [-0.2, -0.15) is 5.10 Å². The number of rotatable bonds is 4. The van der Waals surface area contributed by atoms with E-state index in [2.05, 4.69) is 64.8 Å². The van der Waals surface area contributed by atoms with Crippen molar-refractivity contribution in [2.75, 3.05) is 6.61 Å². The van der Waals surface area contributed by atoms with E-state index >= 15 is 0 Å². The molecular weight excluding hydrogens is 312 g/mol. The van der Waals surface area contributed by atoms with Crippen molar-refractivity contribution in [1.29, 1.82) is 0 Å². The molecule has 0 saturated carbocycles. The molecule has 1 heterocycles. The van der Waals surface area contributed by atoms with Crippen LogP contribution in [0.1, 0.15) is 59.6 Å². The van der Waals surface area contributed by atoms with Gasteiger partial charge in [0.1, 0.15) is 6.61 Å². The topological polar surface area (TPSA) is 44.1 Å². The molecule has 25 heavy (non-hydrogen) atoms. The molecule has 0 atom stereocenters. The predicted octanol–water partition coefficient (Wildman–Crippen LogP) is 4.71. The quantitative estimate of drug-likeness (QED) is 0.756. The van der Waals surface area contributed by atoms with E-state index in [4.69, 9.17) is 4.74 Å². The normalized spacial score (nSPS) is 12.3. The summed E-state index contributed by atoms with van der Waals surface area (Å²) in [6, 6.07) is 8.78. The van der Waals surface area contributed by atoms with Gasteiger partial charge in [-0.1, -0.05) is 47.6 Å². The van der Waals surface area contributed by atoms with Gasteiger partial charge in [-0.25, -0.2) is 0 Å². The first-order chi connectivity index (χ1) is 11.5. The third-order valence-electron chi connectivity index (χ3n) is 4.23. The Labute approximate surface area is 151 Å². The fourth-order valence-electron chi connectivity index (χ4n) is 2.56. The number of aromatic nitrogens is 2. The molecule has 2 rings (SSSR count). The summed E-state index contributed by atoms with van der Waals surface area (Å²) in [6.45, 7) is 15.7. The van der Waals surface area contributed by atoms with Gasteiger partial charge in [0.15, 0.2) is 0 Å². The number of ether oxygens (including phenoxy) is 1. The molecule has 0 unspecified atom stereocenters. The Balaban J connectivity index is 2.35. The summed E-state index contributed by atoms with van der Waals surface area (Å²) >= 11 is 0. The Morgan fingerprint density at radius 1 is 1.04 bits per heavy atom. The van der Waals surface area contributed by atoms with E-state index in [0.717, 1.165) is 11.3 Å². The summed E-state index contributed by atoms with van der Waals surface area (Å²) in [7, 11) is 0. The van der Waals surface area contributed by atoms with Crippen molar-refractivity contribution in [2.24, 2.45) is 0 Å². The van der Waals surface area contributed by atoms with E-state index in [9.17, 15) is 4.79 Å². The monoisotopic (exact) mass is 342 g/mol. The van der Waals surface area contributed by atoms with Crippen molar-refractivity contribution in [1.82, 2.24) is 9.78 Å². The van der Waals surface area contributed by atoms with Gasteiger partial charge in [0.25, 0.3) is 0 Å². The fourth-order valence-corrected chi connectivity index (χ4v) is 2.56. The number of carbonyl (C=O) groups excluding carboxylic acids is 1. The van der Waals surface area contributed by atoms with E-state index in [0.29, 0.717) is 13.2 Å². The number of benzene rings is 1. The average molecular weight is 342 g/mol. The Morgan fingerprint density at radius 3 is 2.08 bits per heavy atom. The molecule has 0 aliphatic heterocycles. The highest BCUT2D eigenvalue weighted by Gasteiger charge is 2.21. The Kier molecular flexibility index (Phi) is 5.40. The van der Waals surface area contributed by atoms with Crippen LogP contribution < -0.4 is 0 Å². The van der Waals surface area contributed by atoms with Crippen molar-refractivity contribution >= 4 is 5.97 Å². The maximum Gasteiger partial charge on any atom is 0.302 e. The minimum atomic E-state index is -0.264. The first-order valence-electron chi connectivity index (χ1n) is 8.80. The number of hydrogen-bond donors (Lipinski definition) is 0. The lowest BCUT2D eigenvalue weighted by Gasteiger charge is -2.26. The van der Waals surface area contributed by atoms with Crippen LogP contribution in [-0.2, 0) is 26.9 Å². The Hall–Kier alpha value is -2.10. The van der Waals surface area contributed by atoms with Crippen LogP contribution in [0.3, 0.4) is 0 Å². The van der Waals surface area contributed by atoms with Crippen LogP contribution in [0.5, 0.6) is 0 Å². The first kappa shape index (κ1) is 19.2. The summed E-state index contributed by atoms with van der Waals surface area (Å²) < 4.78 is 6.81. The van der Waals surface area contributed by atoms with Crippen LogP contribution in [0.15, 0.2) is 30.5 Å². The lowest BCUT2D eigenvalue weighted by molar-refractivity contribution is -0.141. The number of nitrogens with zero attached hydrogens (tertiary/aromatic N) is 2. The van der Waals surface area contributed by atoms with Crippen LogP contribution in [0.4, 0.5) is 0 Å². The molecule has 2 aromatic rings. The molecule has 1 aromatic carbocycles. The zero-order chi connectivity index (χ0) is 18.8. The Morgan fingerprint density at radius 2 is 1.60 bits per heavy atom. The minimum Gasteiger partial charge on any atom is -0.464 e. The van der Waals surface area contributed by atoms with Crippen molar-refractivity contribution < 1.29 is 9.53 Å². The maximum absolute atomic E-state index is 10.9. The van der Waals surface area contributed by atoms with E-state index in [-0.39, 0.29) is 16.8 Å². The molecular formula is C21H30N2O2. The third kappa shape index (κ3) is 5.18. The fraction of sp³-hybridized carbons (Fsp3) is 0.524. The summed E-state index contributed by atoms with van der Waals surface area (Å²) in [5, 5.41) is 4.65. The second-order valence-corrected chi connectivity index (χ2v) is 8.60. The molecule has 0 spiro atoms. The smallest absolute Gasteiger partial charge is 0.302 e. The van der Waals surface area contributed by atoms with Gasteiger partial charge in [-0.05, 0) is 40.2 Å². The summed E-state index contributed by atoms with van der Waals surface area (Å²) in [5.41, 5.74) is 4.85. The van der Waals surface area contributed by atoms with Gasteiger partial charge in [0.05, 0.1) is 12.2 Å². The van der Waals surface area contributed by atoms with E-state index in [1.807, 2.05) is 16.9 Å². The molecule has 4 heteroatoms. The van der Waals surface area contributed by atoms with Crippen molar-refractivity contribution in [3.8, 4) is 11.3 Å². The highest BCUT2D eigenvalue weighted by Crippen LogP contribution is 2.33. The molecule has 0 saturated heterocycles. The lowest BCUT2D eigenvalue weighted by atomic mass is 9.79. The average Bonchev–Trinajstić information content (AvgIpc) is 2.93. The van der Waals surface area contributed by atoms with E-state index in [1.165, 1.54) is 18.1 Å². The molecule has 0 radical (unpaired) electrons. The van der Waals surface area contributed by atoms with Crippen LogP contribution in [0.2, 0.25) is 0 Å². The van der Waals surface area contributed by atoms with Gasteiger partial charge >= 0.3 is 5.97 Å². The first-order valence-corrected chi connectivity index (χ1v) is 8.80. The molecule has 0 fully saturated rings. The van der Waals surface area contributed by atoms with Crippen molar-refractivity contribution in [3.63, 3.8) is 0 Å². The highest BCUT2D eigenvalue weighted by molar-refractivity contribution is 5.65. The van der Waals surface area contributed by atoms with Crippen LogP contribution >= 0.6 is 0 Å². The van der Waals surface area contributed by atoms with Crippen LogP contribution in [0.25, 0.3) is 11.3 Å². The second-order valence-electron chi connectivity index (χ2n) is 8.60. The number of carbonyl (C=O) groups is 1. The molecule has 0 amide bonds. The standard InChI is InChI=1S/C21H30N2O2/c1-15(24)25-11-10-23-9-8-19(22-23)16-12-17(20(2,3)4)14-18(13-16)21(5,6)7/h8-9,12-14H,10-11H2,1-7H3.